The van der Waals surface area contributed by atoms with Gasteiger partial charge >= 0.3 is 0 Å². The molecule has 5 heteroatoms. The first-order chi connectivity index (χ1) is 9.97. The zero-order valence-corrected chi connectivity index (χ0v) is 13.7. The molecule has 0 aliphatic heterocycles. The lowest BCUT2D eigenvalue weighted by Crippen LogP contribution is -2.22. The first kappa shape index (κ1) is 15.7. The van der Waals surface area contributed by atoms with Gasteiger partial charge in [0, 0.05) is 37.3 Å². The van der Waals surface area contributed by atoms with E-state index in [1.165, 1.54) is 0 Å². The third-order valence-corrected chi connectivity index (χ3v) is 4.34. The van der Waals surface area contributed by atoms with Crippen molar-refractivity contribution in [2.45, 2.75) is 26.4 Å². The van der Waals surface area contributed by atoms with Gasteiger partial charge in [0.25, 0.3) is 5.91 Å². The topological polar surface area (TPSA) is 45.2 Å². The van der Waals surface area contributed by atoms with Crippen LogP contribution in [-0.2, 0) is 6.54 Å². The van der Waals surface area contributed by atoms with Gasteiger partial charge in [0.05, 0.1) is 6.04 Å². The highest BCUT2D eigenvalue weighted by molar-refractivity contribution is 7.09. The molecule has 0 aliphatic rings. The largest absolute Gasteiger partial charge is 0.345 e. The van der Waals surface area contributed by atoms with Crippen LogP contribution in [0.3, 0.4) is 0 Å². The van der Waals surface area contributed by atoms with Crippen LogP contribution in [0.1, 0.15) is 39.6 Å². The van der Waals surface area contributed by atoms with Crippen LogP contribution >= 0.6 is 11.3 Å². The minimum atomic E-state index is 0.0282. The van der Waals surface area contributed by atoms with Gasteiger partial charge in [-0.25, -0.2) is 4.98 Å². The molecule has 112 valence electrons. The Bertz CT molecular complexity index is 621. The lowest BCUT2D eigenvalue weighted by atomic mass is 10.1. The first-order valence-corrected chi connectivity index (χ1v) is 7.81. The van der Waals surface area contributed by atoms with Crippen molar-refractivity contribution in [1.82, 2.24) is 15.2 Å². The number of carbonyl (C=O) groups excluding carboxylic acids is 1. The molecule has 1 aromatic heterocycles. The van der Waals surface area contributed by atoms with Crippen molar-refractivity contribution in [3.63, 3.8) is 0 Å². The molecule has 0 radical (unpaired) electrons. The van der Waals surface area contributed by atoms with E-state index < -0.39 is 0 Å². The summed E-state index contributed by atoms with van der Waals surface area (Å²) in [7, 11) is 3.53. The molecule has 0 spiro atoms. The maximum atomic E-state index is 12.0. The summed E-state index contributed by atoms with van der Waals surface area (Å²) in [6.07, 6.45) is 0. The molecule has 21 heavy (non-hydrogen) atoms. The van der Waals surface area contributed by atoms with Crippen LogP contribution in [0, 0.1) is 6.92 Å². The summed E-state index contributed by atoms with van der Waals surface area (Å²) in [4.78, 5) is 18.0. The molecule has 1 aromatic carbocycles. The third kappa shape index (κ3) is 4.12. The number of amides is 1. The van der Waals surface area contributed by atoms with E-state index in [2.05, 4.69) is 22.6 Å². The fourth-order valence-electron chi connectivity index (χ4n) is 2.00. The van der Waals surface area contributed by atoms with E-state index in [4.69, 9.17) is 0 Å². The lowest BCUT2D eigenvalue weighted by molar-refractivity contribution is 0.0827. The first-order valence-electron chi connectivity index (χ1n) is 6.93. The maximum absolute atomic E-state index is 12.0. The van der Waals surface area contributed by atoms with E-state index >= 15 is 0 Å². The number of aromatic nitrogens is 1. The standard InChI is InChI=1S/C16H21N3OS/c1-11-10-21-15(18-11)12(2)17-9-13-6-5-7-14(8-13)16(20)19(3)4/h5-8,10,12,17H,9H2,1-4H3. The Morgan fingerprint density at radius 1 is 1.43 bits per heavy atom. The Kier molecular flexibility index (Phi) is 5.09. The quantitative estimate of drug-likeness (QED) is 0.923. The monoisotopic (exact) mass is 303 g/mol. The minimum Gasteiger partial charge on any atom is -0.345 e. The van der Waals surface area contributed by atoms with E-state index in [1.54, 1.807) is 30.3 Å². The average Bonchev–Trinajstić information content (AvgIpc) is 2.91. The Morgan fingerprint density at radius 3 is 2.81 bits per heavy atom. The Balaban J connectivity index is 2.00. The zero-order valence-electron chi connectivity index (χ0n) is 12.9. The van der Waals surface area contributed by atoms with Crippen LogP contribution in [0.4, 0.5) is 0 Å². The van der Waals surface area contributed by atoms with Crippen LogP contribution in [0.25, 0.3) is 0 Å². The van der Waals surface area contributed by atoms with Gasteiger partial charge in [0.15, 0.2) is 0 Å². The summed E-state index contributed by atoms with van der Waals surface area (Å²) in [5, 5.41) is 6.60. The summed E-state index contributed by atoms with van der Waals surface area (Å²) in [6, 6.07) is 7.94. The summed E-state index contributed by atoms with van der Waals surface area (Å²) >= 11 is 1.67. The predicted molar refractivity (Wildman–Crippen MR) is 86.6 cm³/mol. The normalized spacial score (nSPS) is 12.2. The van der Waals surface area contributed by atoms with Gasteiger partial charge in [-0.2, -0.15) is 0 Å². The second-order valence-electron chi connectivity index (χ2n) is 5.33. The van der Waals surface area contributed by atoms with Crippen molar-refractivity contribution >= 4 is 17.2 Å². The molecule has 1 unspecified atom stereocenters. The van der Waals surface area contributed by atoms with Crippen molar-refractivity contribution in [1.29, 1.82) is 0 Å². The van der Waals surface area contributed by atoms with Crippen molar-refractivity contribution in [2.24, 2.45) is 0 Å². The average molecular weight is 303 g/mol. The summed E-state index contributed by atoms with van der Waals surface area (Å²) in [5.41, 5.74) is 2.88. The van der Waals surface area contributed by atoms with Crippen LogP contribution in [-0.4, -0.2) is 29.9 Å². The van der Waals surface area contributed by atoms with Crippen LogP contribution in [0.2, 0.25) is 0 Å². The number of benzene rings is 1. The van der Waals surface area contributed by atoms with E-state index in [0.717, 1.165) is 21.8 Å². The third-order valence-electron chi connectivity index (χ3n) is 3.20. The Hall–Kier alpha value is -1.72. The SMILES string of the molecule is Cc1csc(C(C)NCc2cccc(C(=O)N(C)C)c2)n1. The molecule has 1 atom stereocenters. The van der Waals surface area contributed by atoms with Gasteiger partial charge < -0.3 is 10.2 Å². The Labute approximate surface area is 129 Å². The minimum absolute atomic E-state index is 0.0282. The zero-order chi connectivity index (χ0) is 15.4. The molecule has 2 rings (SSSR count). The van der Waals surface area contributed by atoms with Crippen LogP contribution in [0.5, 0.6) is 0 Å². The van der Waals surface area contributed by atoms with E-state index in [1.807, 2.05) is 31.2 Å². The Morgan fingerprint density at radius 2 is 2.19 bits per heavy atom. The molecule has 0 aliphatic carbocycles. The lowest BCUT2D eigenvalue weighted by Gasteiger charge is -2.13. The second kappa shape index (κ2) is 6.83. The van der Waals surface area contributed by atoms with E-state index in [0.29, 0.717) is 6.54 Å². The second-order valence-corrected chi connectivity index (χ2v) is 6.22. The number of hydrogen-bond acceptors (Lipinski definition) is 4. The highest BCUT2D eigenvalue weighted by atomic mass is 32.1. The molecular formula is C16H21N3OS. The maximum Gasteiger partial charge on any atom is 0.253 e. The number of carbonyl (C=O) groups is 1. The van der Waals surface area contributed by atoms with Gasteiger partial charge in [0.1, 0.15) is 5.01 Å². The fraction of sp³-hybridized carbons (Fsp3) is 0.375. The summed E-state index contributed by atoms with van der Waals surface area (Å²) in [5.74, 6) is 0.0282. The van der Waals surface area contributed by atoms with Crippen molar-refractivity contribution in [3.05, 3.63) is 51.5 Å². The molecule has 0 saturated carbocycles. The smallest absolute Gasteiger partial charge is 0.253 e. The van der Waals surface area contributed by atoms with Crippen molar-refractivity contribution in [3.8, 4) is 0 Å². The molecule has 4 nitrogen and oxygen atoms in total. The van der Waals surface area contributed by atoms with Gasteiger partial charge in [-0.05, 0) is 31.5 Å². The molecule has 0 fully saturated rings. The fourth-order valence-corrected chi connectivity index (χ4v) is 2.83. The molecule has 2 aromatic rings. The van der Waals surface area contributed by atoms with Crippen LogP contribution in [0.15, 0.2) is 29.6 Å². The van der Waals surface area contributed by atoms with Gasteiger partial charge in [0.2, 0.25) is 0 Å². The molecule has 0 saturated heterocycles. The van der Waals surface area contributed by atoms with Gasteiger partial charge in [-0.15, -0.1) is 11.3 Å². The summed E-state index contributed by atoms with van der Waals surface area (Å²) < 4.78 is 0. The number of aryl methyl sites for hydroxylation is 1. The van der Waals surface area contributed by atoms with E-state index in [9.17, 15) is 4.79 Å². The van der Waals surface area contributed by atoms with E-state index in [-0.39, 0.29) is 11.9 Å². The number of hydrogen-bond donors (Lipinski definition) is 1. The number of thiazole rings is 1. The highest BCUT2D eigenvalue weighted by Gasteiger charge is 2.11. The number of nitrogens with one attached hydrogen (secondary N) is 1. The number of nitrogens with zero attached hydrogens (tertiary/aromatic N) is 2. The van der Waals surface area contributed by atoms with Gasteiger partial charge in [-0.3, -0.25) is 4.79 Å². The van der Waals surface area contributed by atoms with Crippen molar-refractivity contribution in [2.75, 3.05) is 14.1 Å². The van der Waals surface area contributed by atoms with Gasteiger partial charge in [-0.1, -0.05) is 12.1 Å². The van der Waals surface area contributed by atoms with Crippen molar-refractivity contribution < 1.29 is 4.79 Å². The van der Waals surface area contributed by atoms with Crippen LogP contribution < -0.4 is 5.32 Å². The summed E-state index contributed by atoms with van der Waals surface area (Å²) in [6.45, 7) is 4.82. The highest BCUT2D eigenvalue weighted by Crippen LogP contribution is 2.18. The molecular weight excluding hydrogens is 282 g/mol. The number of rotatable bonds is 5. The molecule has 1 amide bonds. The molecule has 1 N–H and O–H groups in total. The molecule has 1 heterocycles. The predicted octanol–water partition coefficient (Wildman–Crippen LogP) is 3.00. The molecule has 0 bridgehead atoms.